The van der Waals surface area contributed by atoms with Gasteiger partial charge in [-0.15, -0.1) is 0 Å². The van der Waals surface area contributed by atoms with Gasteiger partial charge in [0.1, 0.15) is 0 Å². The van der Waals surface area contributed by atoms with Gasteiger partial charge in [0.25, 0.3) is 0 Å². The Hall–Kier alpha value is -5.82. The number of rotatable bonds is 22. The molecule has 430 valence electrons. The number of hydrogen-bond donors (Lipinski definition) is 7. The van der Waals surface area contributed by atoms with E-state index in [-0.39, 0.29) is 11.8 Å². The zero-order chi connectivity index (χ0) is 58.2. The fraction of sp³-hybridized carbons (Fsp3) is 0.429. The van der Waals surface area contributed by atoms with E-state index in [0.29, 0.717) is 12.8 Å². The van der Waals surface area contributed by atoms with Gasteiger partial charge in [0.15, 0.2) is 25.5 Å². The Morgan fingerprint density at radius 3 is 1.44 bits per heavy atom. The molecule has 2 aliphatic rings. The minimum atomic E-state index is 0.147. The largest absolute Gasteiger partial charge is 0.359 e. The van der Waals surface area contributed by atoms with E-state index in [9.17, 15) is 9.59 Å². The smallest absolute Gasteiger partial charge is 0.219 e. The Labute approximate surface area is 483 Å². The van der Waals surface area contributed by atoms with Crippen molar-refractivity contribution in [3.63, 3.8) is 0 Å². The first kappa shape index (κ1) is 67.5. The quantitative estimate of drug-likeness (QED) is 0.0197. The zero-order valence-corrected chi connectivity index (χ0v) is 51.3. The molecule has 0 fully saturated rings. The molecular weight excluding hydrogens is 1020 g/mol. The van der Waals surface area contributed by atoms with Crippen LogP contribution in [0.15, 0.2) is 141 Å². The summed E-state index contributed by atoms with van der Waals surface area (Å²) in [5.41, 5.74) is 25.5. The van der Waals surface area contributed by atoms with Gasteiger partial charge in [-0.3, -0.25) is 9.59 Å². The molecule has 0 spiro atoms. The van der Waals surface area contributed by atoms with Crippen LogP contribution in [0.4, 0.5) is 11.4 Å². The predicted molar refractivity (Wildman–Crippen MR) is 339 cm³/mol. The van der Waals surface area contributed by atoms with Gasteiger partial charge in [-0.05, 0) is 126 Å². The average molecular weight is 1120 g/mol. The van der Waals surface area contributed by atoms with Crippen LogP contribution in [-0.2, 0) is 22.7 Å². The molecule has 0 aliphatic carbocycles. The topological polar surface area (TPSA) is 185 Å². The molecule has 0 unspecified atom stereocenters. The summed E-state index contributed by atoms with van der Waals surface area (Å²) in [4.78, 5) is 27.6. The van der Waals surface area contributed by atoms with Crippen molar-refractivity contribution in [1.29, 1.82) is 0 Å². The minimum absolute atomic E-state index is 0.147. The summed E-state index contributed by atoms with van der Waals surface area (Å²) in [6.07, 6.45) is 19.1. The molecule has 2 amide bonds. The van der Waals surface area contributed by atoms with Crippen molar-refractivity contribution in [2.24, 2.45) is 22.9 Å². The van der Waals surface area contributed by atoms with E-state index in [0.717, 1.165) is 86.8 Å². The van der Waals surface area contributed by atoms with Crippen molar-refractivity contribution in [2.75, 3.05) is 114 Å². The first-order valence-corrected chi connectivity index (χ1v) is 29.6. The summed E-state index contributed by atoms with van der Waals surface area (Å²) in [7, 11) is 20.9. The average Bonchev–Trinajstić information content (AvgIpc) is 4.12. The standard InChI is InChI=1S/C30H39N4OS.C29H36N4OS.4CH5N/c1-31-29(35)17-6-5-11-21-34(3,4)22-12-19-33-20-18-24(25-13-7-8-14-26(25)33)23-30-32(2)27-15-9-10-16-28(27)36-30;1-30-28(34)16-5-4-10-20-33(2,3)21-11-18-32-19-17-23(24-12-6-8-14-26(24)32)22-29-31-25-13-7-9-15-27(25)35-29;4*1-2/h7-10,13-16,18,20,23H,5-6,11-12,17,19,21-22H2,1-4H3;6-9,12-15,17,19,22H,4-5,10-11,16,18,20-21H2,1-3H3;4*2H2,1H3/q+1;;;;;/p+3. The van der Waals surface area contributed by atoms with Gasteiger partial charge < -0.3 is 52.8 Å². The van der Waals surface area contributed by atoms with Gasteiger partial charge >= 0.3 is 0 Å². The lowest BCUT2D eigenvalue weighted by atomic mass is 10.1. The van der Waals surface area contributed by atoms with Crippen LogP contribution >= 0.6 is 23.5 Å². The van der Waals surface area contributed by atoms with Gasteiger partial charge in [-0.1, -0.05) is 72.1 Å². The molecule has 16 heteroatoms. The number of aromatic nitrogens is 2. The van der Waals surface area contributed by atoms with Crippen LogP contribution in [0.1, 0.15) is 75.3 Å². The summed E-state index contributed by atoms with van der Waals surface area (Å²) in [5.74, 6) is 0.294. The summed E-state index contributed by atoms with van der Waals surface area (Å²) in [6, 6.07) is 39.0. The number of fused-ring (bicyclic) bond motifs is 4. The predicted octanol–water partition coefficient (Wildman–Crippen LogP) is 9.16. The second-order valence-corrected chi connectivity index (χ2v) is 22.4. The monoisotopic (exact) mass is 1120 g/mol. The number of thioether (sulfide) groups is 2. The third-order valence-electron chi connectivity index (χ3n) is 13.8. The highest BCUT2D eigenvalue weighted by Crippen LogP contribution is 2.46. The minimum Gasteiger partial charge on any atom is -0.359 e. The number of aryl methyl sites for hydroxylation is 2. The van der Waals surface area contributed by atoms with Crippen LogP contribution in [0.2, 0.25) is 0 Å². The number of amides is 2. The molecule has 11 N–H and O–H groups in total. The highest BCUT2D eigenvalue weighted by Gasteiger charge is 2.24. The number of anilines is 2. The molecule has 0 bridgehead atoms. The lowest BCUT2D eigenvalue weighted by molar-refractivity contribution is -0.892. The molecule has 79 heavy (non-hydrogen) atoms. The summed E-state index contributed by atoms with van der Waals surface area (Å²) < 4.78 is 6.84. The number of para-hydroxylation sites is 4. The highest BCUT2D eigenvalue weighted by atomic mass is 32.2. The molecule has 0 saturated carbocycles. The van der Waals surface area contributed by atoms with Crippen LogP contribution < -0.4 is 52.9 Å². The number of unbranched alkanes of at least 4 members (excludes halogenated alkanes) is 4. The maximum atomic E-state index is 11.4. The normalized spacial score (nSPS) is 13.2. The molecule has 0 radical (unpaired) electrons. The van der Waals surface area contributed by atoms with Crippen LogP contribution in [0.3, 0.4) is 0 Å². The molecule has 2 aromatic heterocycles. The maximum absolute atomic E-state index is 11.4. The zero-order valence-electron chi connectivity index (χ0n) is 49.7. The summed E-state index contributed by atoms with van der Waals surface area (Å²) in [6.45, 7) is 6.60. The number of quaternary nitrogens is 2. The van der Waals surface area contributed by atoms with Crippen LogP contribution in [-0.4, -0.2) is 124 Å². The summed E-state index contributed by atoms with van der Waals surface area (Å²) in [5, 5.41) is 14.0. The van der Waals surface area contributed by atoms with Crippen LogP contribution in [0, 0.1) is 0 Å². The van der Waals surface area contributed by atoms with Gasteiger partial charge in [0.05, 0.1) is 99.4 Å². The Balaban J connectivity index is 0.000000369. The van der Waals surface area contributed by atoms with Crippen molar-refractivity contribution in [1.82, 2.24) is 10.6 Å². The number of carbonyl (C=O) groups excluding carboxylic acids is 2. The molecule has 4 aromatic carbocycles. The fourth-order valence-corrected chi connectivity index (χ4v) is 11.7. The Bertz CT molecular complexity index is 2810. The summed E-state index contributed by atoms with van der Waals surface area (Å²) >= 11 is 3.63. The highest BCUT2D eigenvalue weighted by molar-refractivity contribution is 8.04. The van der Waals surface area contributed by atoms with Gasteiger partial charge in [0.2, 0.25) is 22.8 Å². The third kappa shape index (κ3) is 21.6. The van der Waals surface area contributed by atoms with Crippen molar-refractivity contribution in [3.8, 4) is 0 Å². The molecular formula is C63H98N12O2S2+4. The SMILES string of the molecule is CN.CN.CN.CN.CNC(=O)CCCCC[N+](C)(C)CCC[n+]1ccc(/C=C2/Nc3ccccc3S2)c2ccccc21.CNC(=O)CCCCC[N+](C)(C)CCC[n+]1ccc(/C=C2\Sc3ccccc3N2C)c2ccccc21. The molecule has 14 nitrogen and oxygen atoms in total. The van der Waals surface area contributed by atoms with Gasteiger partial charge in [-0.25, -0.2) is 0 Å². The number of nitrogens with one attached hydrogen (secondary N) is 3. The second-order valence-electron chi connectivity index (χ2n) is 20.2. The van der Waals surface area contributed by atoms with E-state index in [1.54, 1.807) is 25.9 Å². The van der Waals surface area contributed by atoms with Crippen molar-refractivity contribution >= 4 is 80.7 Å². The lowest BCUT2D eigenvalue weighted by Crippen LogP contribution is -2.44. The first-order valence-electron chi connectivity index (χ1n) is 28.0. The van der Waals surface area contributed by atoms with Crippen LogP contribution in [0.25, 0.3) is 34.0 Å². The van der Waals surface area contributed by atoms with Crippen LogP contribution in [0.5, 0.6) is 0 Å². The second kappa shape index (κ2) is 36.4. The molecule has 8 rings (SSSR count). The number of benzene rings is 4. The lowest BCUT2D eigenvalue weighted by Gasteiger charge is -2.29. The van der Waals surface area contributed by atoms with E-state index in [4.69, 9.17) is 0 Å². The van der Waals surface area contributed by atoms with E-state index in [1.807, 2.05) is 11.8 Å². The first-order chi connectivity index (χ1) is 38.3. The number of nitrogens with zero attached hydrogens (tertiary/aromatic N) is 5. The Morgan fingerprint density at radius 1 is 0.532 bits per heavy atom. The number of hydrogen-bond acceptors (Lipinski definition) is 10. The van der Waals surface area contributed by atoms with Crippen molar-refractivity contribution < 1.29 is 27.7 Å². The number of carbonyl (C=O) groups is 2. The van der Waals surface area contributed by atoms with Gasteiger partial charge in [0, 0.05) is 68.0 Å². The number of pyridine rings is 2. The molecule has 0 saturated heterocycles. The fourth-order valence-electron chi connectivity index (χ4n) is 9.60. The van der Waals surface area contributed by atoms with E-state index < -0.39 is 0 Å². The molecule has 6 aromatic rings. The number of nitrogens with two attached hydrogens (primary N) is 4. The van der Waals surface area contributed by atoms with Gasteiger partial charge in [-0.2, -0.15) is 9.13 Å². The molecule has 4 heterocycles. The maximum Gasteiger partial charge on any atom is 0.219 e. The van der Waals surface area contributed by atoms with E-state index in [2.05, 4.69) is 222 Å². The third-order valence-corrected chi connectivity index (χ3v) is 16.0. The van der Waals surface area contributed by atoms with Crippen molar-refractivity contribution in [3.05, 3.63) is 143 Å². The van der Waals surface area contributed by atoms with Crippen molar-refractivity contribution in [2.45, 2.75) is 87.1 Å². The van der Waals surface area contributed by atoms with E-state index in [1.165, 1.54) is 105 Å². The Kier molecular flexibility index (Phi) is 31.1. The van der Waals surface area contributed by atoms with E-state index >= 15 is 0 Å². The Morgan fingerprint density at radius 2 is 0.962 bits per heavy atom. The molecule has 0 atom stereocenters. The molecule has 2 aliphatic heterocycles.